The first-order valence-electron chi connectivity index (χ1n) is 6.05. The minimum atomic E-state index is -0.257. The molecule has 1 rings (SSSR count). The van der Waals surface area contributed by atoms with E-state index in [0.717, 1.165) is 18.4 Å². The van der Waals surface area contributed by atoms with Crippen LogP contribution in [0, 0.1) is 5.82 Å². The second-order valence-electron chi connectivity index (χ2n) is 4.29. The average molecular weight is 319 g/mol. The number of nitrogens with one attached hydrogen (secondary N) is 1. The second-order valence-corrected chi connectivity index (χ2v) is 5.14. The molecule has 0 saturated heterocycles. The summed E-state index contributed by atoms with van der Waals surface area (Å²) in [6.45, 7) is 2.11. The van der Waals surface area contributed by atoms with Crippen LogP contribution in [0.4, 0.5) is 4.39 Å². The molecule has 0 fully saturated rings. The Balaban J connectivity index is 2.74. The molecule has 0 aromatic heterocycles. The van der Waals surface area contributed by atoms with Crippen LogP contribution in [0.2, 0.25) is 0 Å². The van der Waals surface area contributed by atoms with Crippen molar-refractivity contribution < 1.29 is 9.13 Å². The van der Waals surface area contributed by atoms with Crippen molar-refractivity contribution in [2.45, 2.75) is 38.3 Å². The van der Waals surface area contributed by atoms with Crippen LogP contribution in [0.3, 0.4) is 0 Å². The van der Waals surface area contributed by atoms with E-state index in [1.165, 1.54) is 6.07 Å². The molecule has 102 valence electrons. The Morgan fingerprint density at radius 1 is 1.50 bits per heavy atom. The molecule has 2 unspecified atom stereocenters. The van der Waals surface area contributed by atoms with Gasteiger partial charge < -0.3 is 4.74 Å². The highest BCUT2D eigenvalue weighted by molar-refractivity contribution is 9.10. The van der Waals surface area contributed by atoms with Crippen molar-refractivity contribution in [2.75, 3.05) is 7.11 Å². The fourth-order valence-corrected chi connectivity index (χ4v) is 2.41. The first-order chi connectivity index (χ1) is 8.62. The maximum atomic E-state index is 13.2. The summed E-state index contributed by atoms with van der Waals surface area (Å²) >= 11 is 3.18. The quantitative estimate of drug-likeness (QED) is 0.600. The monoisotopic (exact) mass is 318 g/mol. The number of methoxy groups -OCH3 is 1. The fraction of sp³-hybridized carbons (Fsp3) is 0.538. The lowest BCUT2D eigenvalue weighted by Gasteiger charge is -2.25. The molecule has 0 saturated carbocycles. The minimum absolute atomic E-state index is 0.0207. The van der Waals surface area contributed by atoms with E-state index in [9.17, 15) is 4.39 Å². The topological polar surface area (TPSA) is 47.3 Å². The number of hydrazine groups is 1. The minimum Gasteiger partial charge on any atom is -0.380 e. The largest absolute Gasteiger partial charge is 0.380 e. The van der Waals surface area contributed by atoms with E-state index in [4.69, 9.17) is 10.6 Å². The van der Waals surface area contributed by atoms with Crippen molar-refractivity contribution >= 4 is 15.9 Å². The Kier molecular flexibility index (Phi) is 6.78. The van der Waals surface area contributed by atoms with Crippen molar-refractivity contribution in [3.63, 3.8) is 0 Å². The Labute approximate surface area is 116 Å². The van der Waals surface area contributed by atoms with Crippen LogP contribution in [0.15, 0.2) is 22.7 Å². The van der Waals surface area contributed by atoms with E-state index in [2.05, 4.69) is 28.3 Å². The van der Waals surface area contributed by atoms with Crippen LogP contribution >= 0.6 is 15.9 Å². The molecule has 3 nitrogen and oxygen atoms in total. The first kappa shape index (κ1) is 15.6. The summed E-state index contributed by atoms with van der Waals surface area (Å²) in [6, 6.07) is 5.02. The fourth-order valence-electron chi connectivity index (χ4n) is 1.99. The van der Waals surface area contributed by atoms with Crippen LogP contribution in [-0.4, -0.2) is 19.3 Å². The molecular formula is C13H20BrFN2O. The molecule has 0 bridgehead atoms. The number of nitrogens with two attached hydrogens (primary N) is 1. The van der Waals surface area contributed by atoms with Crippen molar-refractivity contribution in [2.24, 2.45) is 5.84 Å². The average Bonchev–Trinajstić information content (AvgIpc) is 2.37. The third kappa shape index (κ3) is 4.31. The van der Waals surface area contributed by atoms with Gasteiger partial charge in [-0.1, -0.05) is 19.4 Å². The van der Waals surface area contributed by atoms with Crippen molar-refractivity contribution in [1.82, 2.24) is 5.43 Å². The summed E-state index contributed by atoms with van der Waals surface area (Å²) in [4.78, 5) is 0. The maximum absolute atomic E-state index is 13.2. The van der Waals surface area contributed by atoms with Crippen molar-refractivity contribution in [1.29, 1.82) is 0 Å². The van der Waals surface area contributed by atoms with E-state index in [0.29, 0.717) is 10.9 Å². The third-order valence-electron chi connectivity index (χ3n) is 2.98. The first-order valence-corrected chi connectivity index (χ1v) is 6.84. The smallest absolute Gasteiger partial charge is 0.137 e. The molecule has 5 heteroatoms. The molecular weight excluding hydrogens is 299 g/mol. The molecule has 2 atom stereocenters. The van der Waals surface area contributed by atoms with E-state index >= 15 is 0 Å². The molecule has 0 amide bonds. The highest BCUT2D eigenvalue weighted by Gasteiger charge is 2.19. The highest BCUT2D eigenvalue weighted by atomic mass is 79.9. The number of hydrogen-bond donors (Lipinski definition) is 2. The van der Waals surface area contributed by atoms with Gasteiger partial charge in [0, 0.05) is 7.11 Å². The van der Waals surface area contributed by atoms with Gasteiger partial charge in [0.15, 0.2) is 0 Å². The predicted molar refractivity (Wildman–Crippen MR) is 74.6 cm³/mol. The predicted octanol–water partition coefficient (Wildman–Crippen LogP) is 2.78. The van der Waals surface area contributed by atoms with Gasteiger partial charge in [0.05, 0.1) is 16.6 Å². The second kappa shape index (κ2) is 7.84. The van der Waals surface area contributed by atoms with Crippen LogP contribution in [0.1, 0.15) is 25.3 Å². The summed E-state index contributed by atoms with van der Waals surface area (Å²) < 4.78 is 19.1. The molecule has 1 aromatic rings. The van der Waals surface area contributed by atoms with Crippen molar-refractivity contribution in [3.8, 4) is 0 Å². The number of halogens is 2. The maximum Gasteiger partial charge on any atom is 0.137 e. The Hall–Kier alpha value is -0.490. The van der Waals surface area contributed by atoms with Gasteiger partial charge in [-0.2, -0.15) is 0 Å². The molecule has 0 heterocycles. The molecule has 0 aliphatic heterocycles. The molecule has 0 radical (unpaired) electrons. The van der Waals surface area contributed by atoms with E-state index in [-0.39, 0.29) is 18.0 Å². The normalized spacial score (nSPS) is 14.5. The summed E-state index contributed by atoms with van der Waals surface area (Å²) in [7, 11) is 1.69. The third-order valence-corrected chi connectivity index (χ3v) is 3.59. The Morgan fingerprint density at radius 2 is 2.22 bits per heavy atom. The molecule has 3 N–H and O–H groups in total. The van der Waals surface area contributed by atoms with Gasteiger partial charge in [-0.15, -0.1) is 0 Å². The lowest BCUT2D eigenvalue weighted by Crippen LogP contribution is -2.46. The van der Waals surface area contributed by atoms with E-state index in [1.807, 2.05) is 0 Å². The molecule has 1 aromatic carbocycles. The lowest BCUT2D eigenvalue weighted by molar-refractivity contribution is 0.0609. The van der Waals surface area contributed by atoms with Crippen molar-refractivity contribution in [3.05, 3.63) is 34.1 Å². The summed E-state index contributed by atoms with van der Waals surface area (Å²) in [5, 5.41) is 0. The molecule has 18 heavy (non-hydrogen) atoms. The van der Waals surface area contributed by atoms with Gasteiger partial charge in [0.2, 0.25) is 0 Å². The van der Waals surface area contributed by atoms with Crippen LogP contribution < -0.4 is 11.3 Å². The Bertz CT molecular complexity index is 376. The summed E-state index contributed by atoms with van der Waals surface area (Å²) in [6.07, 6.45) is 2.73. The van der Waals surface area contributed by atoms with Crippen LogP contribution in [0.5, 0.6) is 0 Å². The number of ether oxygens (including phenoxy) is 1. The summed E-state index contributed by atoms with van der Waals surface area (Å²) in [5.74, 6) is 5.32. The van der Waals surface area contributed by atoms with Gasteiger partial charge in [0.1, 0.15) is 5.82 Å². The lowest BCUT2D eigenvalue weighted by atomic mass is 9.99. The SMILES string of the molecule is CCCC(OC)C(Cc1ccc(F)c(Br)c1)NN. The zero-order valence-electron chi connectivity index (χ0n) is 10.7. The zero-order chi connectivity index (χ0) is 13.5. The van der Waals surface area contributed by atoms with Gasteiger partial charge in [-0.3, -0.25) is 11.3 Å². The standard InChI is InChI=1S/C13H20BrFN2O/c1-3-4-13(18-2)12(17-16)8-9-5-6-11(15)10(14)7-9/h5-7,12-13,17H,3-4,8,16H2,1-2H3. The van der Waals surface area contributed by atoms with Gasteiger partial charge in [0.25, 0.3) is 0 Å². The van der Waals surface area contributed by atoms with Gasteiger partial charge >= 0.3 is 0 Å². The highest BCUT2D eigenvalue weighted by Crippen LogP contribution is 2.19. The van der Waals surface area contributed by atoms with E-state index < -0.39 is 0 Å². The molecule has 0 spiro atoms. The number of hydrogen-bond acceptors (Lipinski definition) is 3. The van der Waals surface area contributed by atoms with Gasteiger partial charge in [-0.25, -0.2) is 4.39 Å². The Morgan fingerprint density at radius 3 is 2.72 bits per heavy atom. The van der Waals surface area contributed by atoms with Crippen LogP contribution in [-0.2, 0) is 11.2 Å². The number of rotatable bonds is 7. The number of benzene rings is 1. The molecule has 0 aliphatic carbocycles. The van der Waals surface area contributed by atoms with Gasteiger partial charge in [-0.05, 0) is 46.5 Å². The molecule has 0 aliphatic rings. The van der Waals surface area contributed by atoms with E-state index in [1.54, 1.807) is 19.2 Å². The van der Waals surface area contributed by atoms with Crippen LogP contribution in [0.25, 0.3) is 0 Å². The zero-order valence-corrected chi connectivity index (χ0v) is 12.3. The summed E-state index contributed by atoms with van der Waals surface area (Å²) in [5.41, 5.74) is 3.80.